The van der Waals surface area contributed by atoms with Crippen molar-refractivity contribution < 1.29 is 23.5 Å². The van der Waals surface area contributed by atoms with Gasteiger partial charge in [0, 0.05) is 35.5 Å². The standard InChI is InChI=1S/C24H27NO6/c1-13-15-9-17-18(24(2,3)4)12-30-19(17)11-20(15)31-23(29)16(13)10-21(26)25-7-5-14(6-8-25)22(27)28/h9,11-12,14H,5-8,10H2,1-4H3,(H,27,28). The quantitative estimate of drug-likeness (QED) is 0.636. The number of nitrogens with zero attached hydrogens (tertiary/aromatic N) is 1. The van der Waals surface area contributed by atoms with Gasteiger partial charge >= 0.3 is 11.6 Å². The molecule has 0 spiro atoms. The first-order chi connectivity index (χ1) is 14.6. The van der Waals surface area contributed by atoms with E-state index in [-0.39, 0.29) is 17.7 Å². The van der Waals surface area contributed by atoms with Gasteiger partial charge < -0.3 is 18.8 Å². The highest BCUT2D eigenvalue weighted by molar-refractivity contribution is 5.97. The summed E-state index contributed by atoms with van der Waals surface area (Å²) in [4.78, 5) is 38.3. The summed E-state index contributed by atoms with van der Waals surface area (Å²) in [7, 11) is 0. The minimum absolute atomic E-state index is 0.0581. The lowest BCUT2D eigenvalue weighted by atomic mass is 9.86. The largest absolute Gasteiger partial charge is 0.481 e. The van der Waals surface area contributed by atoms with Crippen LogP contribution in [0.5, 0.6) is 0 Å². The number of aliphatic carboxylic acids is 1. The lowest BCUT2D eigenvalue weighted by Crippen LogP contribution is -2.41. The van der Waals surface area contributed by atoms with Crippen molar-refractivity contribution in [3.63, 3.8) is 0 Å². The lowest BCUT2D eigenvalue weighted by Gasteiger charge is -2.30. The SMILES string of the molecule is Cc1c(CC(=O)N2CCC(C(=O)O)CC2)c(=O)oc2cc3occ(C(C)(C)C)c3cc12. The average Bonchev–Trinajstić information content (AvgIpc) is 3.13. The number of piperidine rings is 1. The van der Waals surface area contributed by atoms with Crippen LogP contribution in [0.4, 0.5) is 0 Å². The van der Waals surface area contributed by atoms with Crippen molar-refractivity contribution >= 4 is 33.8 Å². The van der Waals surface area contributed by atoms with Crippen LogP contribution < -0.4 is 5.63 Å². The molecule has 0 saturated carbocycles. The molecule has 1 saturated heterocycles. The molecule has 0 unspecified atom stereocenters. The molecule has 0 bridgehead atoms. The molecule has 4 rings (SSSR count). The van der Waals surface area contributed by atoms with Crippen molar-refractivity contribution in [2.75, 3.05) is 13.1 Å². The van der Waals surface area contributed by atoms with Crippen molar-refractivity contribution in [3.8, 4) is 0 Å². The Kier molecular flexibility index (Phi) is 5.15. The first-order valence-corrected chi connectivity index (χ1v) is 10.5. The van der Waals surface area contributed by atoms with Crippen LogP contribution >= 0.6 is 0 Å². The Balaban J connectivity index is 1.68. The van der Waals surface area contributed by atoms with Gasteiger partial charge in [-0.1, -0.05) is 20.8 Å². The molecule has 1 aliphatic rings. The van der Waals surface area contributed by atoms with Crippen LogP contribution in [0.2, 0.25) is 0 Å². The molecule has 0 aliphatic carbocycles. The minimum atomic E-state index is -0.821. The van der Waals surface area contributed by atoms with E-state index in [0.717, 1.165) is 21.9 Å². The van der Waals surface area contributed by atoms with Crippen molar-refractivity contribution in [1.82, 2.24) is 4.90 Å². The van der Waals surface area contributed by atoms with E-state index in [2.05, 4.69) is 20.8 Å². The average molecular weight is 425 g/mol. The van der Waals surface area contributed by atoms with E-state index in [1.54, 1.807) is 17.2 Å². The Morgan fingerprint density at radius 2 is 1.81 bits per heavy atom. The molecule has 2 aromatic heterocycles. The molecule has 3 aromatic rings. The van der Waals surface area contributed by atoms with E-state index in [1.807, 2.05) is 13.0 Å². The maximum atomic E-state index is 12.8. The van der Waals surface area contributed by atoms with E-state index in [4.69, 9.17) is 13.9 Å². The fourth-order valence-electron chi connectivity index (χ4n) is 4.33. The number of hydrogen-bond donors (Lipinski definition) is 1. The molecule has 1 aliphatic heterocycles. The number of aryl methyl sites for hydroxylation is 1. The summed E-state index contributed by atoms with van der Waals surface area (Å²) in [6, 6.07) is 3.70. The van der Waals surface area contributed by atoms with Crippen molar-refractivity contribution in [1.29, 1.82) is 0 Å². The number of carboxylic acid groups (broad SMARTS) is 1. The number of carbonyl (C=O) groups excluding carboxylic acids is 1. The molecule has 3 heterocycles. The zero-order chi connectivity index (χ0) is 22.5. The summed E-state index contributed by atoms with van der Waals surface area (Å²) in [5.74, 6) is -1.41. The van der Waals surface area contributed by atoms with Gasteiger partial charge in [0.15, 0.2) is 0 Å². The van der Waals surface area contributed by atoms with Gasteiger partial charge in [-0.2, -0.15) is 0 Å². The smallest absolute Gasteiger partial charge is 0.340 e. The van der Waals surface area contributed by atoms with Crippen LogP contribution in [0, 0.1) is 12.8 Å². The van der Waals surface area contributed by atoms with Crippen LogP contribution in [0.25, 0.3) is 21.9 Å². The Bertz CT molecular complexity index is 1230. The van der Waals surface area contributed by atoms with Gasteiger partial charge in [0.25, 0.3) is 0 Å². The Labute approximate surface area is 179 Å². The van der Waals surface area contributed by atoms with Crippen molar-refractivity contribution in [3.05, 3.63) is 45.5 Å². The monoisotopic (exact) mass is 425 g/mol. The number of likely N-dealkylation sites (tertiary alicyclic amines) is 1. The second kappa shape index (κ2) is 7.55. The first-order valence-electron chi connectivity index (χ1n) is 10.5. The van der Waals surface area contributed by atoms with Gasteiger partial charge in [0.05, 0.1) is 24.2 Å². The van der Waals surface area contributed by atoms with E-state index in [9.17, 15) is 14.4 Å². The normalized spacial score (nSPS) is 15.7. The Morgan fingerprint density at radius 1 is 1.13 bits per heavy atom. The van der Waals surface area contributed by atoms with Gasteiger partial charge in [0.1, 0.15) is 11.2 Å². The van der Waals surface area contributed by atoms with Crippen LogP contribution in [0.15, 0.2) is 32.0 Å². The second-order valence-electron chi connectivity index (χ2n) is 9.41. The van der Waals surface area contributed by atoms with Crippen LogP contribution in [0.1, 0.15) is 50.3 Å². The van der Waals surface area contributed by atoms with Crippen molar-refractivity contribution in [2.24, 2.45) is 5.92 Å². The van der Waals surface area contributed by atoms with Gasteiger partial charge in [-0.15, -0.1) is 0 Å². The number of amides is 1. The highest BCUT2D eigenvalue weighted by atomic mass is 16.4. The molecule has 1 fully saturated rings. The summed E-state index contributed by atoms with van der Waals surface area (Å²) >= 11 is 0. The molecule has 0 radical (unpaired) electrons. The van der Waals surface area contributed by atoms with Crippen LogP contribution in [0.3, 0.4) is 0 Å². The fraction of sp³-hybridized carbons (Fsp3) is 0.458. The van der Waals surface area contributed by atoms with E-state index in [0.29, 0.717) is 42.7 Å². The summed E-state index contributed by atoms with van der Waals surface area (Å²) in [6.07, 6.45) is 2.54. The third-order valence-electron chi connectivity index (χ3n) is 6.31. The molecule has 1 aromatic carbocycles. The number of furan rings is 1. The van der Waals surface area contributed by atoms with Crippen molar-refractivity contribution in [2.45, 2.75) is 52.4 Å². The minimum Gasteiger partial charge on any atom is -0.481 e. The van der Waals surface area contributed by atoms with Crippen LogP contribution in [-0.2, 0) is 21.4 Å². The van der Waals surface area contributed by atoms with E-state index < -0.39 is 17.5 Å². The number of fused-ring (bicyclic) bond motifs is 2. The molecular weight excluding hydrogens is 398 g/mol. The third-order valence-corrected chi connectivity index (χ3v) is 6.31. The zero-order valence-electron chi connectivity index (χ0n) is 18.3. The highest BCUT2D eigenvalue weighted by Crippen LogP contribution is 2.35. The predicted octanol–water partition coefficient (Wildman–Crippen LogP) is 4.01. The maximum Gasteiger partial charge on any atom is 0.340 e. The Morgan fingerprint density at radius 3 is 2.42 bits per heavy atom. The molecular formula is C24H27NO6. The van der Waals surface area contributed by atoms with E-state index >= 15 is 0 Å². The van der Waals surface area contributed by atoms with E-state index in [1.165, 1.54) is 0 Å². The Hall–Kier alpha value is -3.09. The molecule has 7 heteroatoms. The number of benzene rings is 1. The molecule has 1 N–H and O–H groups in total. The summed E-state index contributed by atoms with van der Waals surface area (Å²) < 4.78 is 11.2. The predicted molar refractivity (Wildman–Crippen MR) is 116 cm³/mol. The first kappa shape index (κ1) is 21.2. The lowest BCUT2D eigenvalue weighted by molar-refractivity contribution is -0.145. The molecule has 31 heavy (non-hydrogen) atoms. The molecule has 0 atom stereocenters. The van der Waals surface area contributed by atoms with Gasteiger partial charge in [-0.05, 0) is 36.8 Å². The van der Waals surface area contributed by atoms with Gasteiger partial charge in [0.2, 0.25) is 5.91 Å². The number of carbonyl (C=O) groups is 2. The molecule has 7 nitrogen and oxygen atoms in total. The zero-order valence-corrected chi connectivity index (χ0v) is 18.3. The third kappa shape index (κ3) is 3.84. The highest BCUT2D eigenvalue weighted by Gasteiger charge is 2.28. The number of hydrogen-bond acceptors (Lipinski definition) is 5. The number of carboxylic acids is 1. The van der Waals surface area contributed by atoms with Crippen LogP contribution in [-0.4, -0.2) is 35.0 Å². The summed E-state index contributed by atoms with van der Waals surface area (Å²) in [5, 5.41) is 10.9. The second-order valence-corrected chi connectivity index (χ2v) is 9.41. The van der Waals surface area contributed by atoms with Gasteiger partial charge in [-0.25, -0.2) is 4.79 Å². The van der Waals surface area contributed by atoms with Gasteiger partial charge in [-0.3, -0.25) is 9.59 Å². The molecule has 1 amide bonds. The fourth-order valence-corrected chi connectivity index (χ4v) is 4.33. The maximum absolute atomic E-state index is 12.8. The summed E-state index contributed by atoms with van der Waals surface area (Å²) in [5.41, 5.74) is 2.59. The molecule has 164 valence electrons. The number of rotatable bonds is 3. The topological polar surface area (TPSA) is 101 Å². The summed E-state index contributed by atoms with van der Waals surface area (Å²) in [6.45, 7) is 8.93.